The van der Waals surface area contributed by atoms with Crippen molar-refractivity contribution in [2.24, 2.45) is 5.73 Å². The summed E-state index contributed by atoms with van der Waals surface area (Å²) in [5, 5.41) is 0. The van der Waals surface area contributed by atoms with Crippen molar-refractivity contribution < 1.29 is 35.9 Å². The molecule has 1 aliphatic rings. The third kappa shape index (κ3) is 6.58. The molecule has 0 bridgehead atoms. The Bertz CT molecular complexity index is 1450. The number of nitrogens with two attached hydrogens (primary N) is 1. The van der Waals surface area contributed by atoms with E-state index in [1.165, 1.54) is 4.90 Å². The number of nitrogens with zero attached hydrogens (tertiary/aromatic N) is 2. The standard InChI is InChI=1S/C27H26F3N3O5S/c28-27(29,30)21-8-10-22(11-9-21)39(36,37)33-15-13-32(14-16-33)26(35)20-5-3-4-19(18-20)12-17-38-24-7-2-1-6-23(24)25(31)34/h1-11,18H,12-17H2,(H2,31,34). The van der Waals surface area contributed by atoms with Crippen LogP contribution in [0.25, 0.3) is 0 Å². The summed E-state index contributed by atoms with van der Waals surface area (Å²) >= 11 is 0. The van der Waals surface area contributed by atoms with E-state index >= 15 is 0 Å². The zero-order valence-electron chi connectivity index (χ0n) is 20.7. The maximum Gasteiger partial charge on any atom is 0.416 e. The number of alkyl halides is 3. The number of hydrogen-bond acceptors (Lipinski definition) is 5. The molecule has 0 spiro atoms. The van der Waals surface area contributed by atoms with Crippen molar-refractivity contribution in [1.82, 2.24) is 9.21 Å². The van der Waals surface area contributed by atoms with Crippen LogP contribution in [0, 0.1) is 0 Å². The van der Waals surface area contributed by atoms with Crippen LogP contribution in [-0.2, 0) is 22.6 Å². The van der Waals surface area contributed by atoms with E-state index in [0.29, 0.717) is 17.7 Å². The van der Waals surface area contributed by atoms with Gasteiger partial charge in [0, 0.05) is 38.2 Å². The van der Waals surface area contributed by atoms with Crippen LogP contribution in [0.15, 0.2) is 77.7 Å². The number of ether oxygens (including phenoxy) is 1. The average Bonchev–Trinajstić information content (AvgIpc) is 2.92. The molecule has 2 N–H and O–H groups in total. The zero-order chi connectivity index (χ0) is 28.2. The Morgan fingerprint density at radius 1 is 0.897 bits per heavy atom. The quantitative estimate of drug-likeness (QED) is 0.452. The Hall–Kier alpha value is -3.90. The van der Waals surface area contributed by atoms with Gasteiger partial charge in [-0.25, -0.2) is 8.42 Å². The molecule has 8 nitrogen and oxygen atoms in total. The number of sulfonamides is 1. The molecular weight excluding hydrogens is 535 g/mol. The van der Waals surface area contributed by atoms with Crippen LogP contribution in [-0.4, -0.2) is 62.2 Å². The second-order valence-electron chi connectivity index (χ2n) is 8.88. The number of amides is 2. The molecule has 0 saturated carbocycles. The minimum Gasteiger partial charge on any atom is -0.492 e. The van der Waals surface area contributed by atoms with Gasteiger partial charge in [0.1, 0.15) is 5.75 Å². The summed E-state index contributed by atoms with van der Waals surface area (Å²) in [5.41, 5.74) is 5.99. The van der Waals surface area contributed by atoms with Crippen LogP contribution in [0.4, 0.5) is 13.2 Å². The predicted molar refractivity (Wildman–Crippen MR) is 137 cm³/mol. The molecular formula is C27H26F3N3O5S. The van der Waals surface area contributed by atoms with E-state index in [4.69, 9.17) is 10.5 Å². The van der Waals surface area contributed by atoms with Crippen LogP contribution in [0.3, 0.4) is 0 Å². The molecule has 3 aromatic carbocycles. The Kier molecular flexibility index (Phi) is 8.26. The summed E-state index contributed by atoms with van der Waals surface area (Å²) in [7, 11) is -4.00. The Morgan fingerprint density at radius 3 is 2.21 bits per heavy atom. The van der Waals surface area contributed by atoms with Gasteiger partial charge in [-0.05, 0) is 54.1 Å². The summed E-state index contributed by atoms with van der Waals surface area (Å²) in [5.74, 6) is -0.477. The lowest BCUT2D eigenvalue weighted by atomic mass is 10.1. The highest BCUT2D eigenvalue weighted by Gasteiger charge is 2.33. The molecule has 0 aromatic heterocycles. The summed E-state index contributed by atoms with van der Waals surface area (Å²) in [4.78, 5) is 25.9. The maximum atomic E-state index is 13.1. The van der Waals surface area contributed by atoms with E-state index < -0.39 is 27.7 Å². The van der Waals surface area contributed by atoms with Gasteiger partial charge in [-0.15, -0.1) is 0 Å². The molecule has 12 heteroatoms. The van der Waals surface area contributed by atoms with Gasteiger partial charge in [0.25, 0.3) is 11.8 Å². The second-order valence-corrected chi connectivity index (χ2v) is 10.8. The van der Waals surface area contributed by atoms with Gasteiger partial charge in [-0.2, -0.15) is 17.5 Å². The molecule has 0 aliphatic carbocycles. The predicted octanol–water partition coefficient (Wildman–Crippen LogP) is 3.57. The van der Waals surface area contributed by atoms with E-state index in [0.717, 1.165) is 34.1 Å². The molecule has 2 amide bonds. The Labute approximate surface area is 223 Å². The Morgan fingerprint density at radius 2 is 1.56 bits per heavy atom. The third-order valence-electron chi connectivity index (χ3n) is 6.32. The molecule has 39 heavy (non-hydrogen) atoms. The number of rotatable bonds is 8. The van der Waals surface area contributed by atoms with Crippen molar-refractivity contribution in [3.8, 4) is 5.75 Å². The summed E-state index contributed by atoms with van der Waals surface area (Å²) in [6.45, 7) is 0.554. The van der Waals surface area contributed by atoms with Crippen LogP contribution >= 0.6 is 0 Å². The monoisotopic (exact) mass is 561 g/mol. The average molecular weight is 562 g/mol. The second kappa shape index (κ2) is 11.5. The number of hydrogen-bond donors (Lipinski definition) is 1. The van der Waals surface area contributed by atoms with Crippen molar-refractivity contribution in [1.29, 1.82) is 0 Å². The molecule has 1 heterocycles. The third-order valence-corrected chi connectivity index (χ3v) is 8.23. The van der Waals surface area contributed by atoms with Crippen LogP contribution in [0.1, 0.15) is 31.8 Å². The normalized spacial score (nSPS) is 14.7. The first-order valence-electron chi connectivity index (χ1n) is 12.0. The SMILES string of the molecule is NC(=O)c1ccccc1OCCc1cccc(C(=O)N2CCN(S(=O)(=O)c3ccc(C(F)(F)F)cc3)CC2)c1. The van der Waals surface area contributed by atoms with Gasteiger partial charge in [0.2, 0.25) is 10.0 Å². The van der Waals surface area contributed by atoms with E-state index in [-0.39, 0.29) is 49.2 Å². The summed E-state index contributed by atoms with van der Waals surface area (Å²) in [6.07, 6.45) is -4.09. The van der Waals surface area contributed by atoms with Crippen LogP contribution in [0.5, 0.6) is 5.75 Å². The Balaban J connectivity index is 1.34. The molecule has 1 fully saturated rings. The van der Waals surface area contributed by atoms with E-state index in [1.54, 1.807) is 42.5 Å². The number of primary amides is 1. The lowest BCUT2D eigenvalue weighted by Gasteiger charge is -2.34. The summed E-state index contributed by atoms with van der Waals surface area (Å²) in [6, 6.07) is 17.0. The largest absolute Gasteiger partial charge is 0.492 e. The van der Waals surface area contributed by atoms with Crippen LogP contribution in [0.2, 0.25) is 0 Å². The first-order chi connectivity index (χ1) is 18.5. The van der Waals surface area contributed by atoms with E-state index in [1.807, 2.05) is 6.07 Å². The zero-order valence-corrected chi connectivity index (χ0v) is 21.5. The van der Waals surface area contributed by atoms with Gasteiger partial charge in [-0.1, -0.05) is 24.3 Å². The molecule has 0 unspecified atom stereocenters. The van der Waals surface area contributed by atoms with Crippen molar-refractivity contribution in [3.63, 3.8) is 0 Å². The number of carbonyl (C=O) groups is 2. The molecule has 206 valence electrons. The van der Waals surface area contributed by atoms with Crippen molar-refractivity contribution >= 4 is 21.8 Å². The van der Waals surface area contributed by atoms with E-state index in [2.05, 4.69) is 0 Å². The molecule has 3 aromatic rings. The van der Waals surface area contributed by atoms with Crippen LogP contribution < -0.4 is 10.5 Å². The minimum absolute atomic E-state index is 0.0158. The van der Waals surface area contributed by atoms with Crippen molar-refractivity contribution in [2.75, 3.05) is 32.8 Å². The molecule has 0 radical (unpaired) electrons. The lowest BCUT2D eigenvalue weighted by Crippen LogP contribution is -2.50. The number of benzene rings is 3. The smallest absolute Gasteiger partial charge is 0.416 e. The van der Waals surface area contributed by atoms with Gasteiger partial charge < -0.3 is 15.4 Å². The fourth-order valence-corrected chi connectivity index (χ4v) is 5.64. The highest BCUT2D eigenvalue weighted by molar-refractivity contribution is 7.89. The first-order valence-corrected chi connectivity index (χ1v) is 13.5. The summed E-state index contributed by atoms with van der Waals surface area (Å²) < 4.78 is 71.1. The molecule has 1 aliphatic heterocycles. The highest BCUT2D eigenvalue weighted by Crippen LogP contribution is 2.30. The lowest BCUT2D eigenvalue weighted by molar-refractivity contribution is -0.137. The molecule has 4 rings (SSSR count). The van der Waals surface area contributed by atoms with Gasteiger partial charge in [-0.3, -0.25) is 9.59 Å². The fraction of sp³-hybridized carbons (Fsp3) is 0.259. The maximum absolute atomic E-state index is 13.1. The highest BCUT2D eigenvalue weighted by atomic mass is 32.2. The van der Waals surface area contributed by atoms with Crippen molar-refractivity contribution in [3.05, 3.63) is 95.1 Å². The minimum atomic E-state index is -4.56. The van der Waals surface area contributed by atoms with E-state index in [9.17, 15) is 31.2 Å². The number of piperazine rings is 1. The number of para-hydroxylation sites is 1. The first kappa shape index (κ1) is 28.1. The molecule has 1 saturated heterocycles. The number of halogens is 3. The topological polar surface area (TPSA) is 110 Å². The molecule has 0 atom stereocenters. The van der Waals surface area contributed by atoms with Gasteiger partial charge in [0.15, 0.2) is 0 Å². The van der Waals surface area contributed by atoms with Gasteiger partial charge in [0.05, 0.1) is 22.6 Å². The van der Waals surface area contributed by atoms with Crippen molar-refractivity contribution in [2.45, 2.75) is 17.5 Å². The fourth-order valence-electron chi connectivity index (χ4n) is 4.21. The number of carbonyl (C=O) groups excluding carboxylic acids is 2. The van der Waals surface area contributed by atoms with Gasteiger partial charge >= 0.3 is 6.18 Å².